The van der Waals surface area contributed by atoms with Gasteiger partial charge in [0.25, 0.3) is 0 Å². The summed E-state index contributed by atoms with van der Waals surface area (Å²) in [5, 5.41) is 11.4. The molecule has 23 heavy (non-hydrogen) atoms. The van der Waals surface area contributed by atoms with Crippen molar-refractivity contribution >= 4 is 51.7 Å². The van der Waals surface area contributed by atoms with Crippen LogP contribution in [0.15, 0.2) is 6.07 Å². The maximum Gasteiger partial charge on any atom is 0.306 e. The number of carboxylic acids is 1. The van der Waals surface area contributed by atoms with Crippen LogP contribution < -0.4 is 0 Å². The predicted octanol–water partition coefficient (Wildman–Crippen LogP) is 5.03. The molecule has 124 valence electrons. The Hall–Kier alpha value is -0.940. The minimum atomic E-state index is -0.933. The summed E-state index contributed by atoms with van der Waals surface area (Å²) >= 11 is 18.8. The summed E-state index contributed by atoms with van der Waals surface area (Å²) in [7, 11) is 0. The Labute approximate surface area is 148 Å². The molecule has 4 nitrogen and oxygen atoms in total. The molecule has 1 aromatic carbocycles. The van der Waals surface area contributed by atoms with Gasteiger partial charge >= 0.3 is 5.97 Å². The molecule has 0 saturated heterocycles. The zero-order valence-electron chi connectivity index (χ0n) is 12.7. The fourth-order valence-electron chi connectivity index (χ4n) is 3.37. The molecule has 7 heteroatoms. The van der Waals surface area contributed by atoms with E-state index >= 15 is 0 Å². The van der Waals surface area contributed by atoms with Crippen molar-refractivity contribution < 1.29 is 14.6 Å². The summed E-state index contributed by atoms with van der Waals surface area (Å²) in [5.41, 5.74) is 1.42. The van der Waals surface area contributed by atoms with E-state index in [1.165, 1.54) is 0 Å². The molecule has 0 aliphatic carbocycles. The molecule has 0 bridgehead atoms. The molecule has 0 spiro atoms. The van der Waals surface area contributed by atoms with Crippen LogP contribution in [-0.4, -0.2) is 22.7 Å². The van der Waals surface area contributed by atoms with Crippen LogP contribution in [0.2, 0.25) is 15.1 Å². The van der Waals surface area contributed by atoms with Crippen LogP contribution in [0, 0.1) is 5.92 Å². The van der Waals surface area contributed by atoms with Crippen molar-refractivity contribution in [2.24, 2.45) is 5.92 Å². The highest BCUT2D eigenvalue weighted by Gasteiger charge is 2.45. The average molecular weight is 377 g/mol. The van der Waals surface area contributed by atoms with Crippen molar-refractivity contribution in [1.82, 2.24) is 4.98 Å². The van der Waals surface area contributed by atoms with Gasteiger partial charge in [0, 0.05) is 5.39 Å². The molecule has 1 unspecified atom stereocenters. The van der Waals surface area contributed by atoms with Gasteiger partial charge in [0.05, 0.1) is 39.3 Å². The number of aliphatic carboxylic acids is 1. The van der Waals surface area contributed by atoms with Gasteiger partial charge in [0.2, 0.25) is 0 Å². The Morgan fingerprint density at radius 2 is 2.09 bits per heavy atom. The van der Waals surface area contributed by atoms with Crippen LogP contribution in [0.3, 0.4) is 0 Å². The molecular weight excluding hydrogens is 361 g/mol. The number of carboxylic acid groups (broad SMARTS) is 1. The lowest BCUT2D eigenvalue weighted by Crippen LogP contribution is -2.42. The Bertz CT molecular complexity index is 800. The first kappa shape index (κ1) is 16.9. The first-order valence-electron chi connectivity index (χ1n) is 7.32. The van der Waals surface area contributed by atoms with Gasteiger partial charge in [0.15, 0.2) is 0 Å². The molecule has 0 saturated carbocycles. The van der Waals surface area contributed by atoms with Crippen molar-refractivity contribution in [3.8, 4) is 0 Å². The molecule has 0 amide bonds. The van der Waals surface area contributed by atoms with Gasteiger partial charge in [-0.15, -0.1) is 0 Å². The molecule has 2 heterocycles. The molecule has 1 aliphatic rings. The SMILES string of the molecule is CC(C)C1(CC(=O)O)OCCc2c1[nH]c1c(Cl)cc(Cl)c(Cl)c21. The van der Waals surface area contributed by atoms with E-state index in [9.17, 15) is 9.90 Å². The molecule has 2 aromatic rings. The van der Waals surface area contributed by atoms with Gasteiger partial charge < -0.3 is 14.8 Å². The minimum absolute atomic E-state index is 0.0428. The summed E-state index contributed by atoms with van der Waals surface area (Å²) in [4.78, 5) is 14.7. The van der Waals surface area contributed by atoms with E-state index in [0.29, 0.717) is 33.6 Å². The second-order valence-corrected chi connectivity index (χ2v) is 7.29. The van der Waals surface area contributed by atoms with Gasteiger partial charge in [-0.2, -0.15) is 0 Å². The summed E-state index contributed by atoms with van der Waals surface area (Å²) in [6.45, 7) is 4.31. The third-order valence-electron chi connectivity index (χ3n) is 4.51. The van der Waals surface area contributed by atoms with Gasteiger partial charge in [-0.1, -0.05) is 48.7 Å². The van der Waals surface area contributed by atoms with Gasteiger partial charge in [-0.05, 0) is 24.0 Å². The standard InChI is InChI=1S/C16H16Cl3NO3/c1-7(2)16(6-11(21)22)15-8(3-4-23-16)12-13(19)9(17)5-10(18)14(12)20-15/h5,7,20H,3-4,6H2,1-2H3,(H,21,22). The van der Waals surface area contributed by atoms with Crippen molar-refractivity contribution in [3.05, 3.63) is 32.4 Å². The minimum Gasteiger partial charge on any atom is -0.481 e. The number of rotatable bonds is 3. The number of carbonyl (C=O) groups is 1. The maximum absolute atomic E-state index is 11.4. The van der Waals surface area contributed by atoms with E-state index in [0.717, 1.165) is 16.6 Å². The summed E-state index contributed by atoms with van der Waals surface area (Å²) in [6.07, 6.45) is 0.493. The lowest BCUT2D eigenvalue weighted by Gasteiger charge is -2.39. The van der Waals surface area contributed by atoms with Crippen molar-refractivity contribution in [1.29, 1.82) is 0 Å². The summed E-state index contributed by atoms with van der Waals surface area (Å²) in [5.74, 6) is -0.959. The number of ether oxygens (including phenoxy) is 1. The monoisotopic (exact) mass is 375 g/mol. The number of H-pyrrole nitrogens is 1. The second kappa shape index (κ2) is 5.85. The van der Waals surface area contributed by atoms with Crippen LogP contribution in [0.25, 0.3) is 10.9 Å². The average Bonchev–Trinajstić information content (AvgIpc) is 2.85. The van der Waals surface area contributed by atoms with Gasteiger partial charge in [-0.25, -0.2) is 0 Å². The number of benzene rings is 1. The third-order valence-corrected chi connectivity index (χ3v) is 5.59. The Morgan fingerprint density at radius 3 is 2.70 bits per heavy atom. The first-order valence-corrected chi connectivity index (χ1v) is 8.45. The number of fused-ring (bicyclic) bond motifs is 3. The molecule has 0 fully saturated rings. The van der Waals surface area contributed by atoms with E-state index in [1.54, 1.807) is 6.07 Å². The largest absolute Gasteiger partial charge is 0.481 e. The Kier molecular flexibility index (Phi) is 4.30. The smallest absolute Gasteiger partial charge is 0.306 e. The van der Waals surface area contributed by atoms with Crippen LogP contribution in [0.1, 0.15) is 31.5 Å². The molecule has 0 radical (unpaired) electrons. The number of aromatic amines is 1. The van der Waals surface area contributed by atoms with E-state index < -0.39 is 11.6 Å². The number of nitrogens with one attached hydrogen (secondary N) is 1. The maximum atomic E-state index is 11.4. The highest BCUT2D eigenvalue weighted by Crippen LogP contribution is 2.47. The quantitative estimate of drug-likeness (QED) is 0.739. The van der Waals surface area contributed by atoms with Crippen LogP contribution >= 0.6 is 34.8 Å². The van der Waals surface area contributed by atoms with Crippen molar-refractivity contribution in [3.63, 3.8) is 0 Å². The van der Waals surface area contributed by atoms with Gasteiger partial charge in [0.1, 0.15) is 5.60 Å². The molecule has 1 atom stereocenters. The van der Waals surface area contributed by atoms with E-state index in [-0.39, 0.29) is 12.3 Å². The number of hydrogen-bond acceptors (Lipinski definition) is 2. The molecular formula is C16H16Cl3NO3. The Morgan fingerprint density at radius 1 is 1.39 bits per heavy atom. The summed E-state index contributed by atoms with van der Waals surface area (Å²) < 4.78 is 5.97. The fourth-order valence-corrected chi connectivity index (χ4v) is 4.14. The van der Waals surface area contributed by atoms with Crippen molar-refractivity contribution in [2.45, 2.75) is 32.3 Å². The van der Waals surface area contributed by atoms with E-state index in [4.69, 9.17) is 39.5 Å². The molecule has 3 rings (SSSR count). The lowest BCUT2D eigenvalue weighted by molar-refractivity contribution is -0.154. The zero-order chi connectivity index (χ0) is 16.9. The Balaban J connectivity index is 2.35. The second-order valence-electron chi connectivity index (χ2n) is 6.10. The fraction of sp³-hybridized carbons (Fsp3) is 0.438. The number of hydrogen-bond donors (Lipinski definition) is 2. The van der Waals surface area contributed by atoms with Crippen molar-refractivity contribution in [2.75, 3.05) is 6.61 Å². The van der Waals surface area contributed by atoms with Crippen LogP contribution in [-0.2, 0) is 21.6 Å². The van der Waals surface area contributed by atoms with Crippen LogP contribution in [0.4, 0.5) is 0 Å². The third kappa shape index (κ3) is 2.52. The topological polar surface area (TPSA) is 62.3 Å². The number of aromatic nitrogens is 1. The highest BCUT2D eigenvalue weighted by atomic mass is 35.5. The highest BCUT2D eigenvalue weighted by molar-refractivity contribution is 6.48. The van der Waals surface area contributed by atoms with E-state index in [2.05, 4.69) is 4.98 Å². The van der Waals surface area contributed by atoms with Gasteiger partial charge in [-0.3, -0.25) is 4.79 Å². The zero-order valence-corrected chi connectivity index (χ0v) is 14.9. The number of halogens is 3. The lowest BCUT2D eigenvalue weighted by atomic mass is 9.80. The predicted molar refractivity (Wildman–Crippen MR) is 91.8 cm³/mol. The normalized spacial score (nSPS) is 21.0. The van der Waals surface area contributed by atoms with Crippen LogP contribution in [0.5, 0.6) is 0 Å². The first-order chi connectivity index (χ1) is 10.8. The molecule has 2 N–H and O–H groups in total. The van der Waals surface area contributed by atoms with E-state index in [1.807, 2.05) is 13.8 Å². The molecule has 1 aromatic heterocycles. The summed E-state index contributed by atoms with van der Waals surface area (Å²) in [6, 6.07) is 1.59. The molecule has 1 aliphatic heterocycles.